The third kappa shape index (κ3) is 5.81. The number of rotatable bonds is 10. The lowest BCUT2D eigenvalue weighted by atomic mass is 10.1. The van der Waals surface area contributed by atoms with Crippen molar-refractivity contribution in [3.05, 3.63) is 47.5 Å². The molecule has 0 bridgehead atoms. The molecule has 1 aliphatic heterocycles. The van der Waals surface area contributed by atoms with Crippen LogP contribution >= 0.6 is 11.3 Å². The van der Waals surface area contributed by atoms with Crippen molar-refractivity contribution in [2.24, 2.45) is 0 Å². The van der Waals surface area contributed by atoms with Gasteiger partial charge in [0, 0.05) is 37.4 Å². The predicted octanol–water partition coefficient (Wildman–Crippen LogP) is 4.62. The molecular weight excluding hydrogens is 478 g/mol. The monoisotopic (exact) mass is 511 g/mol. The van der Waals surface area contributed by atoms with E-state index in [2.05, 4.69) is 56.5 Å². The lowest BCUT2D eigenvalue weighted by molar-refractivity contribution is 0.102. The minimum absolute atomic E-state index is 0.313. The number of hydrogen-bond acceptors (Lipinski definition) is 9. The number of carbonyl (C=O) groups is 1. The number of anilines is 3. The topological polar surface area (TPSA) is 89.0 Å². The van der Waals surface area contributed by atoms with E-state index in [1.807, 2.05) is 20.8 Å². The Morgan fingerprint density at radius 2 is 1.53 bits per heavy atom. The number of carbonyl (C=O) groups excluding carboxylic acids is 1. The molecule has 0 aliphatic carbocycles. The summed E-state index contributed by atoms with van der Waals surface area (Å²) in [7, 11) is 0. The predicted molar refractivity (Wildman–Crippen MR) is 143 cm³/mol. The molecule has 1 amide bonds. The molecule has 2 heterocycles. The molecule has 4 rings (SSSR count). The Morgan fingerprint density at radius 3 is 2.14 bits per heavy atom. The van der Waals surface area contributed by atoms with Crippen LogP contribution in [0.4, 0.5) is 16.0 Å². The molecule has 36 heavy (non-hydrogen) atoms. The van der Waals surface area contributed by atoms with Crippen molar-refractivity contribution in [2.45, 2.75) is 27.7 Å². The van der Waals surface area contributed by atoms with Gasteiger partial charge in [0.1, 0.15) is 0 Å². The van der Waals surface area contributed by atoms with Crippen molar-refractivity contribution >= 4 is 33.2 Å². The standard InChI is InChI=1S/C26H33N5O4S/c1-5-33-21-16-19(17-22(34-6-2)23(21)35-7-3)24(32)27-25-28-29-26(36-25)31-14-12-30(13-15-31)20-11-9-8-10-18(20)4/h8-11,16-17H,5-7,12-15H2,1-4H3,(H,27,28,32). The van der Waals surface area contributed by atoms with E-state index in [0.29, 0.717) is 47.8 Å². The highest BCUT2D eigenvalue weighted by Crippen LogP contribution is 2.39. The van der Waals surface area contributed by atoms with Crippen LogP contribution in [0.25, 0.3) is 0 Å². The van der Waals surface area contributed by atoms with Crippen LogP contribution in [0.3, 0.4) is 0 Å². The molecular formula is C26H33N5O4S. The summed E-state index contributed by atoms with van der Waals surface area (Å²) < 4.78 is 17.2. The summed E-state index contributed by atoms with van der Waals surface area (Å²) >= 11 is 1.37. The molecule has 0 radical (unpaired) electrons. The second-order valence-electron chi connectivity index (χ2n) is 8.21. The van der Waals surface area contributed by atoms with Crippen LogP contribution in [0.2, 0.25) is 0 Å². The van der Waals surface area contributed by atoms with E-state index in [4.69, 9.17) is 14.2 Å². The molecule has 10 heteroatoms. The van der Waals surface area contributed by atoms with Gasteiger partial charge in [-0.25, -0.2) is 0 Å². The maximum atomic E-state index is 13.1. The van der Waals surface area contributed by atoms with Crippen LogP contribution in [-0.4, -0.2) is 62.1 Å². The fourth-order valence-electron chi connectivity index (χ4n) is 4.14. The zero-order valence-electron chi connectivity index (χ0n) is 21.2. The molecule has 1 fully saturated rings. The van der Waals surface area contributed by atoms with Crippen LogP contribution in [0.15, 0.2) is 36.4 Å². The van der Waals surface area contributed by atoms with Crippen LogP contribution in [0, 0.1) is 6.92 Å². The molecule has 1 saturated heterocycles. The number of nitrogens with one attached hydrogen (secondary N) is 1. The molecule has 1 aromatic heterocycles. The van der Waals surface area contributed by atoms with Crippen molar-refractivity contribution in [3.63, 3.8) is 0 Å². The largest absolute Gasteiger partial charge is 0.490 e. The van der Waals surface area contributed by atoms with Crippen LogP contribution in [0.1, 0.15) is 36.7 Å². The Balaban J connectivity index is 1.43. The molecule has 192 valence electrons. The lowest BCUT2D eigenvalue weighted by Gasteiger charge is -2.36. The lowest BCUT2D eigenvalue weighted by Crippen LogP contribution is -2.46. The molecule has 0 spiro atoms. The van der Waals surface area contributed by atoms with Crippen molar-refractivity contribution in [1.29, 1.82) is 0 Å². The minimum Gasteiger partial charge on any atom is -0.490 e. The van der Waals surface area contributed by atoms with Crippen LogP contribution in [-0.2, 0) is 0 Å². The Bertz CT molecular complexity index is 1150. The second kappa shape index (κ2) is 11.9. The van der Waals surface area contributed by atoms with Crippen molar-refractivity contribution < 1.29 is 19.0 Å². The number of para-hydroxylation sites is 1. The molecule has 1 aliphatic rings. The average molecular weight is 512 g/mol. The van der Waals surface area contributed by atoms with Gasteiger partial charge < -0.3 is 24.0 Å². The quantitative estimate of drug-likeness (QED) is 0.422. The number of hydrogen-bond donors (Lipinski definition) is 1. The maximum absolute atomic E-state index is 13.1. The average Bonchev–Trinajstić information content (AvgIpc) is 3.35. The third-order valence-corrected chi connectivity index (χ3v) is 6.71. The summed E-state index contributed by atoms with van der Waals surface area (Å²) in [5, 5.41) is 12.6. The van der Waals surface area contributed by atoms with Gasteiger partial charge in [-0.05, 0) is 51.5 Å². The molecule has 2 aromatic carbocycles. The number of nitrogens with zero attached hydrogens (tertiary/aromatic N) is 4. The van der Waals surface area contributed by atoms with Gasteiger partial charge in [0.2, 0.25) is 16.0 Å². The number of benzene rings is 2. The molecule has 3 aromatic rings. The van der Waals surface area contributed by atoms with Gasteiger partial charge in [-0.2, -0.15) is 0 Å². The molecule has 0 atom stereocenters. The van der Waals surface area contributed by atoms with E-state index in [9.17, 15) is 4.79 Å². The summed E-state index contributed by atoms with van der Waals surface area (Å²) in [5.41, 5.74) is 2.95. The zero-order chi connectivity index (χ0) is 25.5. The van der Waals surface area contributed by atoms with E-state index in [-0.39, 0.29) is 5.91 Å². The van der Waals surface area contributed by atoms with Crippen molar-refractivity contribution in [1.82, 2.24) is 10.2 Å². The van der Waals surface area contributed by atoms with Crippen LogP contribution < -0.4 is 29.3 Å². The van der Waals surface area contributed by atoms with Gasteiger partial charge in [-0.15, -0.1) is 10.2 Å². The van der Waals surface area contributed by atoms with E-state index in [1.54, 1.807) is 12.1 Å². The number of aromatic nitrogens is 2. The first-order chi connectivity index (χ1) is 17.5. The fourth-order valence-corrected chi connectivity index (χ4v) is 4.93. The number of ether oxygens (including phenoxy) is 3. The Labute approximate surface area is 216 Å². The zero-order valence-corrected chi connectivity index (χ0v) is 22.1. The van der Waals surface area contributed by atoms with Gasteiger partial charge in [0.25, 0.3) is 5.91 Å². The van der Waals surface area contributed by atoms with Gasteiger partial charge in [-0.3, -0.25) is 10.1 Å². The maximum Gasteiger partial charge on any atom is 0.257 e. The van der Waals surface area contributed by atoms with Gasteiger partial charge in [-0.1, -0.05) is 29.5 Å². The van der Waals surface area contributed by atoms with Crippen molar-refractivity contribution in [3.8, 4) is 17.2 Å². The highest BCUT2D eigenvalue weighted by atomic mass is 32.1. The molecule has 0 saturated carbocycles. The van der Waals surface area contributed by atoms with E-state index < -0.39 is 0 Å². The first kappa shape index (κ1) is 25.6. The van der Waals surface area contributed by atoms with Crippen LogP contribution in [0.5, 0.6) is 17.2 Å². The van der Waals surface area contributed by atoms with E-state index in [1.165, 1.54) is 22.6 Å². The Hall–Kier alpha value is -3.53. The summed E-state index contributed by atoms with van der Waals surface area (Å²) in [6, 6.07) is 11.8. The number of piperazine rings is 1. The first-order valence-electron chi connectivity index (χ1n) is 12.3. The SMILES string of the molecule is CCOc1cc(C(=O)Nc2nnc(N3CCN(c4ccccc4C)CC3)s2)cc(OCC)c1OCC. The molecule has 0 unspecified atom stereocenters. The van der Waals surface area contributed by atoms with E-state index >= 15 is 0 Å². The summed E-state index contributed by atoms with van der Waals surface area (Å²) in [6.45, 7) is 12.6. The Morgan fingerprint density at radius 1 is 0.917 bits per heavy atom. The summed E-state index contributed by atoms with van der Waals surface area (Å²) in [5.74, 6) is 1.13. The third-order valence-electron chi connectivity index (χ3n) is 5.81. The highest BCUT2D eigenvalue weighted by Gasteiger charge is 2.23. The van der Waals surface area contributed by atoms with E-state index in [0.717, 1.165) is 31.3 Å². The van der Waals surface area contributed by atoms with Gasteiger partial charge in [0.05, 0.1) is 19.8 Å². The smallest absolute Gasteiger partial charge is 0.257 e. The number of amides is 1. The highest BCUT2D eigenvalue weighted by molar-refractivity contribution is 7.19. The fraction of sp³-hybridized carbons (Fsp3) is 0.423. The molecule has 1 N–H and O–H groups in total. The second-order valence-corrected chi connectivity index (χ2v) is 9.16. The first-order valence-corrected chi connectivity index (χ1v) is 13.1. The van der Waals surface area contributed by atoms with Crippen molar-refractivity contribution in [2.75, 3.05) is 61.1 Å². The molecule has 9 nitrogen and oxygen atoms in total. The summed E-state index contributed by atoms with van der Waals surface area (Å²) in [4.78, 5) is 17.7. The number of aryl methyl sites for hydroxylation is 1. The normalized spacial score (nSPS) is 13.4. The van der Waals surface area contributed by atoms with Gasteiger partial charge in [0.15, 0.2) is 11.5 Å². The summed E-state index contributed by atoms with van der Waals surface area (Å²) in [6.07, 6.45) is 0. The Kier molecular flexibility index (Phi) is 8.48. The minimum atomic E-state index is -0.313. The van der Waals surface area contributed by atoms with Gasteiger partial charge >= 0.3 is 0 Å².